The lowest BCUT2D eigenvalue weighted by molar-refractivity contribution is 0.0896. The molecule has 1 aromatic heterocycles. The molecule has 2 atom stereocenters. The molecule has 5 heteroatoms. The highest BCUT2D eigenvalue weighted by Gasteiger charge is 2.24. The van der Waals surface area contributed by atoms with Crippen molar-refractivity contribution in [3.8, 4) is 0 Å². The zero-order chi connectivity index (χ0) is 15.4. The number of nitrogens with zero attached hydrogens (tertiary/aromatic N) is 2. The molecule has 1 fully saturated rings. The standard InChI is InChI=1S/C16H26N4O/c1-5-13-9-12(10-15(17-3)18-13)16(21)19-14-6-7-20(4)11(2)8-14/h9-11,14H,5-8H2,1-4H3,(H,17,18)(H,19,21). The van der Waals surface area contributed by atoms with Gasteiger partial charge in [0, 0.05) is 36.9 Å². The number of likely N-dealkylation sites (tertiary alicyclic amines) is 1. The first kappa shape index (κ1) is 15.8. The Labute approximate surface area is 127 Å². The highest BCUT2D eigenvalue weighted by Crippen LogP contribution is 2.17. The molecule has 2 heterocycles. The molecule has 0 radical (unpaired) electrons. The van der Waals surface area contributed by atoms with Crippen LogP contribution in [0.25, 0.3) is 0 Å². The minimum absolute atomic E-state index is 0.00496. The van der Waals surface area contributed by atoms with Crippen LogP contribution in [0.1, 0.15) is 42.7 Å². The van der Waals surface area contributed by atoms with E-state index in [0.717, 1.165) is 37.3 Å². The fraction of sp³-hybridized carbons (Fsp3) is 0.625. The summed E-state index contributed by atoms with van der Waals surface area (Å²) < 4.78 is 0. The first-order chi connectivity index (χ1) is 10.0. The van der Waals surface area contributed by atoms with Gasteiger partial charge >= 0.3 is 0 Å². The lowest BCUT2D eigenvalue weighted by atomic mass is 9.98. The predicted molar refractivity (Wildman–Crippen MR) is 85.7 cm³/mol. The highest BCUT2D eigenvalue weighted by molar-refractivity contribution is 5.95. The quantitative estimate of drug-likeness (QED) is 0.889. The van der Waals surface area contributed by atoms with Crippen LogP contribution >= 0.6 is 0 Å². The number of rotatable bonds is 4. The van der Waals surface area contributed by atoms with E-state index in [4.69, 9.17) is 0 Å². The number of carbonyl (C=O) groups excluding carboxylic acids is 1. The van der Waals surface area contributed by atoms with Crippen molar-refractivity contribution in [3.05, 3.63) is 23.4 Å². The van der Waals surface area contributed by atoms with E-state index in [0.29, 0.717) is 11.6 Å². The Morgan fingerprint density at radius 1 is 1.48 bits per heavy atom. The van der Waals surface area contributed by atoms with Gasteiger partial charge < -0.3 is 15.5 Å². The topological polar surface area (TPSA) is 57.3 Å². The fourth-order valence-electron chi connectivity index (χ4n) is 2.72. The van der Waals surface area contributed by atoms with Crippen LogP contribution in [0.3, 0.4) is 0 Å². The monoisotopic (exact) mass is 290 g/mol. The fourth-order valence-corrected chi connectivity index (χ4v) is 2.72. The number of anilines is 1. The Morgan fingerprint density at radius 3 is 2.86 bits per heavy atom. The Kier molecular flexibility index (Phi) is 5.17. The van der Waals surface area contributed by atoms with E-state index in [1.165, 1.54) is 0 Å². The summed E-state index contributed by atoms with van der Waals surface area (Å²) in [5, 5.41) is 6.18. The van der Waals surface area contributed by atoms with Crippen molar-refractivity contribution in [3.63, 3.8) is 0 Å². The van der Waals surface area contributed by atoms with E-state index >= 15 is 0 Å². The van der Waals surface area contributed by atoms with Gasteiger partial charge in [0.25, 0.3) is 5.91 Å². The van der Waals surface area contributed by atoms with Crippen LogP contribution in [-0.4, -0.2) is 48.5 Å². The van der Waals surface area contributed by atoms with Crippen LogP contribution in [0.2, 0.25) is 0 Å². The van der Waals surface area contributed by atoms with E-state index in [2.05, 4.69) is 34.5 Å². The summed E-state index contributed by atoms with van der Waals surface area (Å²) in [5.41, 5.74) is 1.63. The molecule has 2 rings (SSSR count). The van der Waals surface area contributed by atoms with E-state index < -0.39 is 0 Å². The maximum absolute atomic E-state index is 12.5. The molecule has 0 aliphatic carbocycles. The third-order valence-corrected chi connectivity index (χ3v) is 4.30. The average molecular weight is 290 g/mol. The van der Waals surface area contributed by atoms with Gasteiger partial charge in [-0.05, 0) is 45.4 Å². The summed E-state index contributed by atoms with van der Waals surface area (Å²) >= 11 is 0. The van der Waals surface area contributed by atoms with Crippen LogP contribution in [0.5, 0.6) is 0 Å². The number of aryl methyl sites for hydroxylation is 1. The van der Waals surface area contributed by atoms with E-state index in [9.17, 15) is 4.79 Å². The zero-order valence-electron chi connectivity index (χ0n) is 13.4. The number of nitrogens with one attached hydrogen (secondary N) is 2. The predicted octanol–water partition coefficient (Wildman–Crippen LogP) is 1.90. The molecular weight excluding hydrogens is 264 g/mol. The number of hydrogen-bond acceptors (Lipinski definition) is 4. The van der Waals surface area contributed by atoms with Crippen LogP contribution in [-0.2, 0) is 6.42 Å². The molecule has 2 unspecified atom stereocenters. The molecule has 116 valence electrons. The summed E-state index contributed by atoms with van der Waals surface area (Å²) in [6, 6.07) is 4.47. The summed E-state index contributed by atoms with van der Waals surface area (Å²) in [6.45, 7) is 5.28. The minimum Gasteiger partial charge on any atom is -0.373 e. The highest BCUT2D eigenvalue weighted by atomic mass is 16.1. The van der Waals surface area contributed by atoms with Crippen molar-refractivity contribution >= 4 is 11.7 Å². The summed E-state index contributed by atoms with van der Waals surface area (Å²) in [5.74, 6) is 0.751. The lowest BCUT2D eigenvalue weighted by Crippen LogP contribution is -2.47. The lowest BCUT2D eigenvalue weighted by Gasteiger charge is -2.35. The molecule has 0 bridgehead atoms. The second-order valence-electron chi connectivity index (χ2n) is 5.86. The van der Waals surface area contributed by atoms with Crippen molar-refractivity contribution in [2.45, 2.75) is 45.2 Å². The Hall–Kier alpha value is -1.62. The molecule has 0 aromatic carbocycles. The second-order valence-corrected chi connectivity index (χ2v) is 5.86. The SMILES string of the molecule is CCc1cc(C(=O)NC2CCN(C)C(C)C2)cc(NC)n1. The summed E-state index contributed by atoms with van der Waals surface area (Å²) in [6.07, 6.45) is 2.84. The molecule has 5 nitrogen and oxygen atoms in total. The van der Waals surface area contributed by atoms with E-state index in [-0.39, 0.29) is 11.9 Å². The average Bonchev–Trinajstić information content (AvgIpc) is 2.50. The Bertz CT molecular complexity index is 481. The molecule has 1 aliphatic heterocycles. The van der Waals surface area contributed by atoms with E-state index in [1.807, 2.05) is 26.1 Å². The van der Waals surface area contributed by atoms with Crippen LogP contribution in [0.4, 0.5) is 5.82 Å². The van der Waals surface area contributed by atoms with Crippen molar-refractivity contribution in [2.75, 3.05) is 26.0 Å². The summed E-state index contributed by atoms with van der Waals surface area (Å²) in [7, 11) is 3.96. The molecule has 1 saturated heterocycles. The molecule has 0 saturated carbocycles. The van der Waals surface area contributed by atoms with Gasteiger partial charge in [-0.25, -0.2) is 4.98 Å². The smallest absolute Gasteiger partial charge is 0.251 e. The van der Waals surface area contributed by atoms with Gasteiger partial charge in [-0.1, -0.05) is 6.92 Å². The first-order valence-corrected chi connectivity index (χ1v) is 7.73. The van der Waals surface area contributed by atoms with Crippen molar-refractivity contribution in [1.29, 1.82) is 0 Å². The van der Waals surface area contributed by atoms with Gasteiger partial charge in [-0.15, -0.1) is 0 Å². The second kappa shape index (κ2) is 6.89. The van der Waals surface area contributed by atoms with Crippen molar-refractivity contribution < 1.29 is 4.79 Å². The molecule has 2 N–H and O–H groups in total. The number of hydrogen-bond donors (Lipinski definition) is 2. The van der Waals surface area contributed by atoms with Gasteiger partial charge in [-0.3, -0.25) is 4.79 Å². The van der Waals surface area contributed by atoms with E-state index in [1.54, 1.807) is 0 Å². The van der Waals surface area contributed by atoms with Crippen molar-refractivity contribution in [1.82, 2.24) is 15.2 Å². The molecule has 21 heavy (non-hydrogen) atoms. The maximum Gasteiger partial charge on any atom is 0.251 e. The third kappa shape index (κ3) is 3.94. The molecule has 1 aliphatic rings. The maximum atomic E-state index is 12.5. The Balaban J connectivity index is 2.06. The third-order valence-electron chi connectivity index (χ3n) is 4.30. The van der Waals surface area contributed by atoms with Crippen LogP contribution in [0, 0.1) is 0 Å². The summed E-state index contributed by atoms with van der Waals surface area (Å²) in [4.78, 5) is 19.2. The van der Waals surface area contributed by atoms with Gasteiger partial charge in [-0.2, -0.15) is 0 Å². The Morgan fingerprint density at radius 2 is 2.24 bits per heavy atom. The number of pyridine rings is 1. The van der Waals surface area contributed by atoms with Crippen LogP contribution in [0.15, 0.2) is 12.1 Å². The zero-order valence-corrected chi connectivity index (χ0v) is 13.4. The molecule has 1 amide bonds. The number of piperidine rings is 1. The van der Waals surface area contributed by atoms with Gasteiger partial charge in [0.1, 0.15) is 5.82 Å². The normalized spacial score (nSPS) is 22.9. The van der Waals surface area contributed by atoms with Crippen molar-refractivity contribution in [2.24, 2.45) is 0 Å². The number of carbonyl (C=O) groups is 1. The largest absolute Gasteiger partial charge is 0.373 e. The van der Waals surface area contributed by atoms with Gasteiger partial charge in [0.2, 0.25) is 0 Å². The van der Waals surface area contributed by atoms with Crippen LogP contribution < -0.4 is 10.6 Å². The molecular formula is C16H26N4O. The molecule has 1 aromatic rings. The van der Waals surface area contributed by atoms with Gasteiger partial charge in [0.05, 0.1) is 0 Å². The minimum atomic E-state index is 0.00496. The number of amides is 1. The number of aromatic nitrogens is 1. The molecule has 0 spiro atoms. The first-order valence-electron chi connectivity index (χ1n) is 7.73. The van der Waals surface area contributed by atoms with Gasteiger partial charge in [0.15, 0.2) is 0 Å².